The Hall–Kier alpha value is 0.376. The van der Waals surface area contributed by atoms with E-state index in [0.29, 0.717) is 0 Å². The number of carboxylic acid groups (broad SMARTS) is 3. The minimum Gasteiger partial charge on any atom is -1.00 e. The van der Waals surface area contributed by atoms with Crippen molar-refractivity contribution in [2.45, 2.75) is 6.92 Å². The standard InChI is InChI=1S/C2H4O2.CH2O3.K.H/c1-2(3)4;2-1(3)4;;/h1H3,(H,3,4);(H2,2,3,4);;/q;;+1;-1. The number of hydrogen-bond donors (Lipinski definition) is 3. The van der Waals surface area contributed by atoms with E-state index in [1.54, 1.807) is 0 Å². The molecule has 5 nitrogen and oxygen atoms in total. The molecule has 3 N–H and O–H groups in total. The molecule has 0 aromatic rings. The SMILES string of the molecule is CC(=O)O.O=C(O)O.[H-].[K+]. The van der Waals surface area contributed by atoms with Crippen LogP contribution in [0.15, 0.2) is 0 Å². The molecule has 0 rings (SSSR count). The van der Waals surface area contributed by atoms with Crippen LogP contribution in [-0.2, 0) is 4.79 Å². The molecule has 0 heterocycles. The molecule has 9 heavy (non-hydrogen) atoms. The van der Waals surface area contributed by atoms with E-state index in [2.05, 4.69) is 0 Å². The van der Waals surface area contributed by atoms with Crippen molar-refractivity contribution in [2.24, 2.45) is 0 Å². The van der Waals surface area contributed by atoms with Crippen LogP contribution in [0.2, 0.25) is 0 Å². The van der Waals surface area contributed by atoms with Gasteiger partial charge in [-0.2, -0.15) is 0 Å². The molecular formula is C3H7KO5. The number of hydrogen-bond acceptors (Lipinski definition) is 2. The molecule has 0 fully saturated rings. The van der Waals surface area contributed by atoms with Crippen LogP contribution in [-0.4, -0.2) is 27.4 Å². The zero-order valence-electron chi connectivity index (χ0n) is 6.16. The van der Waals surface area contributed by atoms with E-state index in [0.717, 1.165) is 6.92 Å². The second kappa shape index (κ2) is 11.2. The van der Waals surface area contributed by atoms with Gasteiger partial charge in [-0.05, 0) is 0 Å². The molecule has 0 radical (unpaired) electrons. The van der Waals surface area contributed by atoms with Gasteiger partial charge in [0, 0.05) is 6.92 Å². The first kappa shape index (κ1) is 16.2. The summed E-state index contributed by atoms with van der Waals surface area (Å²) >= 11 is 0. The van der Waals surface area contributed by atoms with Crippen molar-refractivity contribution in [1.29, 1.82) is 0 Å². The van der Waals surface area contributed by atoms with Gasteiger partial charge in [-0.1, -0.05) is 0 Å². The van der Waals surface area contributed by atoms with Crippen LogP contribution in [0.1, 0.15) is 8.35 Å². The van der Waals surface area contributed by atoms with Gasteiger partial charge in [0.2, 0.25) is 0 Å². The Balaban J connectivity index is -0.0000000300. The van der Waals surface area contributed by atoms with Crippen molar-refractivity contribution in [2.75, 3.05) is 0 Å². The molecular weight excluding hydrogens is 155 g/mol. The molecule has 50 valence electrons. The van der Waals surface area contributed by atoms with Gasteiger partial charge in [0.25, 0.3) is 5.97 Å². The average molecular weight is 162 g/mol. The van der Waals surface area contributed by atoms with Gasteiger partial charge in [-0.15, -0.1) is 0 Å². The van der Waals surface area contributed by atoms with Crippen molar-refractivity contribution in [1.82, 2.24) is 0 Å². The van der Waals surface area contributed by atoms with E-state index in [9.17, 15) is 0 Å². The van der Waals surface area contributed by atoms with Crippen LogP contribution in [0.3, 0.4) is 0 Å². The van der Waals surface area contributed by atoms with Crippen LogP contribution in [0, 0.1) is 0 Å². The maximum absolute atomic E-state index is 9.00. The van der Waals surface area contributed by atoms with Crippen LogP contribution >= 0.6 is 0 Å². The molecule has 0 amide bonds. The molecule has 0 atom stereocenters. The van der Waals surface area contributed by atoms with Crippen LogP contribution < -0.4 is 51.4 Å². The van der Waals surface area contributed by atoms with Gasteiger partial charge < -0.3 is 16.7 Å². The van der Waals surface area contributed by atoms with Crippen molar-refractivity contribution in [3.63, 3.8) is 0 Å². The summed E-state index contributed by atoms with van der Waals surface area (Å²) < 4.78 is 0. The maximum Gasteiger partial charge on any atom is 1.00 e. The topological polar surface area (TPSA) is 94.8 Å². The first-order valence-electron chi connectivity index (χ1n) is 1.58. The van der Waals surface area contributed by atoms with E-state index in [1.807, 2.05) is 0 Å². The number of carboxylic acids is 1. The molecule has 0 bridgehead atoms. The molecule has 0 unspecified atom stereocenters. The zero-order valence-corrected chi connectivity index (χ0v) is 8.28. The minimum absolute atomic E-state index is 0. The van der Waals surface area contributed by atoms with Gasteiger partial charge in [0.1, 0.15) is 0 Å². The van der Waals surface area contributed by atoms with Gasteiger partial charge in [0.05, 0.1) is 0 Å². The molecule has 6 heteroatoms. The predicted molar refractivity (Wildman–Crippen MR) is 25.1 cm³/mol. The Kier molecular flexibility index (Phi) is 20.2. The second-order valence-electron chi connectivity index (χ2n) is 0.802. The fraction of sp³-hybridized carbons (Fsp3) is 0.333. The maximum atomic E-state index is 9.00. The fourth-order valence-electron chi connectivity index (χ4n) is 0. The smallest absolute Gasteiger partial charge is 1.00 e. The molecule has 0 aromatic heterocycles. The first-order valence-corrected chi connectivity index (χ1v) is 1.58. The largest absolute Gasteiger partial charge is 1.00 e. The van der Waals surface area contributed by atoms with Crippen molar-refractivity contribution < 1.29 is 77.7 Å². The summed E-state index contributed by atoms with van der Waals surface area (Å²) in [5, 5.41) is 21.4. The molecule has 0 aliphatic carbocycles. The quantitative estimate of drug-likeness (QED) is 0.340. The predicted octanol–water partition coefficient (Wildman–Crippen LogP) is -2.57. The summed E-state index contributed by atoms with van der Waals surface area (Å²) in [5.74, 6) is -0.833. The normalized spacial score (nSPS) is 5.44. The third-order valence-corrected chi connectivity index (χ3v) is 0. The van der Waals surface area contributed by atoms with Crippen LogP contribution in [0.25, 0.3) is 0 Å². The van der Waals surface area contributed by atoms with Crippen molar-refractivity contribution in [3.8, 4) is 0 Å². The molecule has 0 aromatic carbocycles. The number of carbonyl (C=O) groups is 2. The molecule has 0 aliphatic heterocycles. The minimum atomic E-state index is -1.83. The summed E-state index contributed by atoms with van der Waals surface area (Å²) in [4.78, 5) is 17.6. The van der Waals surface area contributed by atoms with E-state index in [4.69, 9.17) is 24.9 Å². The Morgan fingerprint density at radius 1 is 1.22 bits per heavy atom. The average Bonchev–Trinajstić information content (AvgIpc) is 1.25. The Bertz CT molecular complexity index is 74.9. The van der Waals surface area contributed by atoms with Gasteiger partial charge >= 0.3 is 57.5 Å². The van der Waals surface area contributed by atoms with Gasteiger partial charge in [-0.3, -0.25) is 4.79 Å². The third-order valence-electron chi connectivity index (χ3n) is 0. The Morgan fingerprint density at radius 2 is 1.22 bits per heavy atom. The molecule has 0 aliphatic rings. The van der Waals surface area contributed by atoms with Crippen molar-refractivity contribution in [3.05, 3.63) is 0 Å². The number of aliphatic carboxylic acids is 1. The van der Waals surface area contributed by atoms with E-state index >= 15 is 0 Å². The second-order valence-corrected chi connectivity index (χ2v) is 0.802. The van der Waals surface area contributed by atoms with E-state index in [1.165, 1.54) is 0 Å². The summed E-state index contributed by atoms with van der Waals surface area (Å²) in [6.07, 6.45) is -1.83. The first-order chi connectivity index (χ1) is 3.46. The summed E-state index contributed by atoms with van der Waals surface area (Å²) in [6.45, 7) is 1.08. The zero-order chi connectivity index (χ0) is 7.15. The number of rotatable bonds is 0. The fourth-order valence-corrected chi connectivity index (χ4v) is 0. The van der Waals surface area contributed by atoms with E-state index in [-0.39, 0.29) is 52.8 Å². The van der Waals surface area contributed by atoms with Crippen molar-refractivity contribution >= 4 is 12.1 Å². The molecule has 0 saturated heterocycles. The van der Waals surface area contributed by atoms with E-state index < -0.39 is 12.1 Å². The summed E-state index contributed by atoms with van der Waals surface area (Å²) in [7, 11) is 0. The third kappa shape index (κ3) is 2400. The molecule has 0 spiro atoms. The Morgan fingerprint density at radius 3 is 1.22 bits per heavy atom. The van der Waals surface area contributed by atoms with Gasteiger partial charge in [0.15, 0.2) is 0 Å². The van der Waals surface area contributed by atoms with Crippen LogP contribution in [0.5, 0.6) is 0 Å². The Labute approximate surface area is 95.6 Å². The van der Waals surface area contributed by atoms with Gasteiger partial charge in [-0.25, -0.2) is 4.79 Å². The summed E-state index contributed by atoms with van der Waals surface area (Å²) in [6, 6.07) is 0. The summed E-state index contributed by atoms with van der Waals surface area (Å²) in [5.41, 5.74) is 0. The monoisotopic (exact) mass is 162 g/mol. The van der Waals surface area contributed by atoms with Crippen LogP contribution in [0.4, 0.5) is 4.79 Å². The molecule has 0 saturated carbocycles.